The monoisotopic (exact) mass is 318 g/mol. The van der Waals surface area contributed by atoms with Crippen molar-refractivity contribution in [2.24, 2.45) is 0 Å². The van der Waals surface area contributed by atoms with Crippen molar-refractivity contribution < 1.29 is 4.74 Å². The van der Waals surface area contributed by atoms with Crippen molar-refractivity contribution in [3.63, 3.8) is 0 Å². The molecule has 1 aliphatic heterocycles. The third kappa shape index (κ3) is 4.19. The number of rotatable bonds is 6. The highest BCUT2D eigenvalue weighted by molar-refractivity contribution is 9.09. The van der Waals surface area contributed by atoms with Crippen LogP contribution in [0.1, 0.15) is 32.6 Å². The van der Waals surface area contributed by atoms with Crippen LogP contribution in [0.3, 0.4) is 0 Å². The molecular formula is C14H27BrN2O. The molecule has 1 saturated carbocycles. The van der Waals surface area contributed by atoms with E-state index in [2.05, 4.69) is 32.7 Å². The Morgan fingerprint density at radius 2 is 2.11 bits per heavy atom. The Kier molecular flexibility index (Phi) is 6.42. The van der Waals surface area contributed by atoms with E-state index in [1.165, 1.54) is 25.7 Å². The van der Waals surface area contributed by atoms with Gasteiger partial charge >= 0.3 is 0 Å². The molecule has 106 valence electrons. The van der Waals surface area contributed by atoms with Crippen LogP contribution in [0.25, 0.3) is 0 Å². The number of hydrogen-bond acceptors (Lipinski definition) is 3. The quantitative estimate of drug-likeness (QED) is 0.699. The largest absolute Gasteiger partial charge is 0.374 e. The predicted molar refractivity (Wildman–Crippen MR) is 79.5 cm³/mol. The smallest absolute Gasteiger partial charge is 0.0829 e. The highest BCUT2D eigenvalue weighted by Gasteiger charge is 2.27. The third-order valence-corrected chi connectivity index (χ3v) is 4.68. The van der Waals surface area contributed by atoms with Gasteiger partial charge in [-0.05, 0) is 19.4 Å². The lowest BCUT2D eigenvalue weighted by Gasteiger charge is -2.37. The highest BCUT2D eigenvalue weighted by atomic mass is 79.9. The molecule has 1 atom stereocenters. The van der Waals surface area contributed by atoms with Crippen LogP contribution in [0.2, 0.25) is 0 Å². The minimum atomic E-state index is 0.415. The summed E-state index contributed by atoms with van der Waals surface area (Å²) in [6.07, 6.45) is 6.01. The molecule has 0 aromatic carbocycles. The second kappa shape index (κ2) is 7.83. The fourth-order valence-electron chi connectivity index (χ4n) is 3.24. The Hall–Kier alpha value is 0.360. The summed E-state index contributed by atoms with van der Waals surface area (Å²) < 4.78 is 5.95. The molecule has 2 aliphatic rings. The molecule has 18 heavy (non-hydrogen) atoms. The standard InChI is InChI=1S/C14H27BrN2O/c1-2-16-9-10-18-14(11-16)12-17(8-7-15)13-5-3-4-6-13/h13-14H,2-12H2,1H3. The number of alkyl halides is 1. The Morgan fingerprint density at radius 1 is 1.33 bits per heavy atom. The Balaban J connectivity index is 1.83. The van der Waals surface area contributed by atoms with Gasteiger partial charge < -0.3 is 4.74 Å². The molecule has 0 N–H and O–H groups in total. The van der Waals surface area contributed by atoms with E-state index in [1.807, 2.05) is 0 Å². The van der Waals surface area contributed by atoms with Crippen LogP contribution in [0, 0.1) is 0 Å². The van der Waals surface area contributed by atoms with E-state index in [0.29, 0.717) is 6.10 Å². The van der Waals surface area contributed by atoms with Crippen LogP contribution in [-0.4, -0.2) is 66.6 Å². The van der Waals surface area contributed by atoms with Crippen LogP contribution < -0.4 is 0 Å². The average Bonchev–Trinajstić information content (AvgIpc) is 2.92. The lowest BCUT2D eigenvalue weighted by Crippen LogP contribution is -2.49. The first-order chi connectivity index (χ1) is 8.83. The summed E-state index contributed by atoms with van der Waals surface area (Å²) in [5.41, 5.74) is 0. The van der Waals surface area contributed by atoms with Gasteiger partial charge in [0.25, 0.3) is 0 Å². The lowest BCUT2D eigenvalue weighted by atomic mass is 10.1. The van der Waals surface area contributed by atoms with Crippen LogP contribution in [-0.2, 0) is 4.74 Å². The van der Waals surface area contributed by atoms with Crippen molar-refractivity contribution in [2.75, 3.05) is 44.7 Å². The van der Waals surface area contributed by atoms with E-state index in [-0.39, 0.29) is 0 Å². The van der Waals surface area contributed by atoms with E-state index in [4.69, 9.17) is 4.74 Å². The van der Waals surface area contributed by atoms with Gasteiger partial charge in [0.1, 0.15) is 0 Å². The molecule has 0 aromatic heterocycles. The van der Waals surface area contributed by atoms with Gasteiger partial charge in [0.05, 0.1) is 12.7 Å². The van der Waals surface area contributed by atoms with Gasteiger partial charge in [-0.2, -0.15) is 0 Å². The summed E-state index contributed by atoms with van der Waals surface area (Å²) >= 11 is 3.59. The maximum Gasteiger partial charge on any atom is 0.0829 e. The van der Waals surface area contributed by atoms with Crippen LogP contribution in [0.4, 0.5) is 0 Å². The van der Waals surface area contributed by atoms with Crippen molar-refractivity contribution in [1.82, 2.24) is 9.80 Å². The van der Waals surface area contributed by atoms with Gasteiger partial charge in [0.15, 0.2) is 0 Å². The first kappa shape index (κ1) is 14.8. The van der Waals surface area contributed by atoms with E-state index in [0.717, 1.165) is 50.7 Å². The normalized spacial score (nSPS) is 27.2. The molecule has 1 aliphatic carbocycles. The molecule has 1 unspecified atom stereocenters. The number of ether oxygens (including phenoxy) is 1. The zero-order valence-corrected chi connectivity index (χ0v) is 13.2. The molecule has 4 heteroatoms. The van der Waals surface area contributed by atoms with Gasteiger partial charge in [-0.1, -0.05) is 35.7 Å². The topological polar surface area (TPSA) is 15.7 Å². The molecule has 0 amide bonds. The van der Waals surface area contributed by atoms with Crippen molar-refractivity contribution in [2.45, 2.75) is 44.8 Å². The number of morpholine rings is 1. The zero-order valence-electron chi connectivity index (χ0n) is 11.6. The molecule has 3 nitrogen and oxygen atoms in total. The molecule has 1 saturated heterocycles. The van der Waals surface area contributed by atoms with E-state index >= 15 is 0 Å². The van der Waals surface area contributed by atoms with Gasteiger partial charge in [0.2, 0.25) is 0 Å². The minimum absolute atomic E-state index is 0.415. The van der Waals surface area contributed by atoms with Crippen LogP contribution in [0.15, 0.2) is 0 Å². The lowest BCUT2D eigenvalue weighted by molar-refractivity contribution is -0.0460. The molecule has 2 rings (SSSR count). The maximum atomic E-state index is 5.95. The Bertz CT molecular complexity index is 234. The summed E-state index contributed by atoms with van der Waals surface area (Å²) in [5, 5.41) is 1.08. The number of likely N-dealkylation sites (N-methyl/N-ethyl adjacent to an activating group) is 1. The van der Waals surface area contributed by atoms with Crippen molar-refractivity contribution >= 4 is 15.9 Å². The maximum absolute atomic E-state index is 5.95. The fraction of sp³-hybridized carbons (Fsp3) is 1.00. The predicted octanol–water partition coefficient (Wildman–Crippen LogP) is 2.35. The number of hydrogen-bond donors (Lipinski definition) is 0. The molecule has 0 spiro atoms. The van der Waals surface area contributed by atoms with Gasteiger partial charge in [-0.15, -0.1) is 0 Å². The second-order valence-corrected chi connectivity index (χ2v) is 6.30. The van der Waals surface area contributed by atoms with E-state index < -0.39 is 0 Å². The summed E-state index contributed by atoms with van der Waals surface area (Å²) in [7, 11) is 0. The summed E-state index contributed by atoms with van der Waals surface area (Å²) in [4.78, 5) is 5.17. The number of nitrogens with zero attached hydrogens (tertiary/aromatic N) is 2. The first-order valence-electron chi connectivity index (χ1n) is 7.47. The summed E-state index contributed by atoms with van der Waals surface area (Å²) in [5.74, 6) is 0. The third-order valence-electron chi connectivity index (χ3n) is 4.32. The van der Waals surface area contributed by atoms with Crippen molar-refractivity contribution in [3.8, 4) is 0 Å². The van der Waals surface area contributed by atoms with Crippen LogP contribution in [0.5, 0.6) is 0 Å². The van der Waals surface area contributed by atoms with Gasteiger partial charge in [0, 0.05) is 37.6 Å². The summed E-state index contributed by atoms with van der Waals surface area (Å²) in [6.45, 7) is 8.81. The molecule has 1 heterocycles. The highest BCUT2D eigenvalue weighted by Crippen LogP contribution is 2.24. The Labute approximate surface area is 120 Å². The van der Waals surface area contributed by atoms with E-state index in [1.54, 1.807) is 0 Å². The van der Waals surface area contributed by atoms with E-state index in [9.17, 15) is 0 Å². The molecule has 0 radical (unpaired) electrons. The van der Waals surface area contributed by atoms with Crippen LogP contribution >= 0.6 is 15.9 Å². The van der Waals surface area contributed by atoms with Crippen molar-refractivity contribution in [3.05, 3.63) is 0 Å². The molecule has 2 fully saturated rings. The zero-order chi connectivity index (χ0) is 12.8. The van der Waals surface area contributed by atoms with Gasteiger partial charge in [-0.25, -0.2) is 0 Å². The minimum Gasteiger partial charge on any atom is -0.374 e. The van der Waals surface area contributed by atoms with Gasteiger partial charge in [-0.3, -0.25) is 9.80 Å². The fourth-order valence-corrected chi connectivity index (χ4v) is 3.70. The SMILES string of the molecule is CCN1CCOC(CN(CCBr)C2CCCC2)C1. The first-order valence-corrected chi connectivity index (χ1v) is 8.59. The van der Waals surface area contributed by atoms with Crippen molar-refractivity contribution in [1.29, 1.82) is 0 Å². The molecular weight excluding hydrogens is 292 g/mol. The molecule has 0 bridgehead atoms. The Morgan fingerprint density at radius 3 is 2.78 bits per heavy atom. The molecule has 0 aromatic rings. The number of halogens is 1. The second-order valence-electron chi connectivity index (χ2n) is 5.51. The average molecular weight is 319 g/mol. The summed E-state index contributed by atoms with van der Waals surface area (Å²) in [6, 6.07) is 0.808.